The lowest BCUT2D eigenvalue weighted by Gasteiger charge is -2.08. The normalized spacial score (nSPS) is 10.3. The summed E-state index contributed by atoms with van der Waals surface area (Å²) in [5.41, 5.74) is 0.528. The summed E-state index contributed by atoms with van der Waals surface area (Å²) in [5, 5.41) is 0.424. The van der Waals surface area contributed by atoms with Crippen LogP contribution >= 0.6 is 27.5 Å². The molecule has 2 aromatic carbocycles. The molecule has 0 N–H and O–H groups in total. The van der Waals surface area contributed by atoms with Crippen molar-refractivity contribution in [2.24, 2.45) is 0 Å². The molecule has 0 aliphatic carbocycles. The molecule has 0 bridgehead atoms. The molecule has 2 rings (SSSR count). The number of ketones is 1. The predicted molar refractivity (Wildman–Crippen MR) is 75.5 cm³/mol. The molecule has 2 aromatic rings. The Morgan fingerprint density at radius 2 is 2.00 bits per heavy atom. The third kappa shape index (κ3) is 3.14. The van der Waals surface area contributed by atoms with Crippen LogP contribution in [0.15, 0.2) is 40.9 Å². The first-order chi connectivity index (χ1) is 9.01. The SMILES string of the molecule is COc1ccc(F)cc1C(=O)c1cc(Cl)cc(Br)c1. The molecule has 0 aliphatic heterocycles. The van der Waals surface area contributed by atoms with Crippen LogP contribution in [-0.2, 0) is 0 Å². The highest BCUT2D eigenvalue weighted by molar-refractivity contribution is 9.10. The summed E-state index contributed by atoms with van der Waals surface area (Å²) in [6.45, 7) is 0. The van der Waals surface area contributed by atoms with E-state index >= 15 is 0 Å². The minimum absolute atomic E-state index is 0.164. The van der Waals surface area contributed by atoms with Crippen LogP contribution in [0.1, 0.15) is 15.9 Å². The molecule has 19 heavy (non-hydrogen) atoms. The summed E-state index contributed by atoms with van der Waals surface area (Å²) < 4.78 is 19.0. The number of benzene rings is 2. The zero-order valence-electron chi connectivity index (χ0n) is 9.91. The fraction of sp³-hybridized carbons (Fsp3) is 0.0714. The Kier molecular flexibility index (Phi) is 4.22. The number of methoxy groups -OCH3 is 1. The van der Waals surface area contributed by atoms with Crippen LogP contribution in [0, 0.1) is 5.82 Å². The number of ether oxygens (including phenoxy) is 1. The topological polar surface area (TPSA) is 26.3 Å². The van der Waals surface area contributed by atoms with E-state index in [0.717, 1.165) is 6.07 Å². The molecule has 0 amide bonds. The summed E-state index contributed by atoms with van der Waals surface area (Å²) in [5.74, 6) is -0.521. The van der Waals surface area contributed by atoms with Gasteiger partial charge in [-0.1, -0.05) is 27.5 Å². The highest BCUT2D eigenvalue weighted by atomic mass is 79.9. The second-order valence-corrected chi connectivity index (χ2v) is 5.18. The lowest BCUT2D eigenvalue weighted by molar-refractivity contribution is 0.103. The van der Waals surface area contributed by atoms with Gasteiger partial charge < -0.3 is 4.74 Å². The van der Waals surface area contributed by atoms with E-state index in [0.29, 0.717) is 20.8 Å². The third-order valence-corrected chi connectivity index (χ3v) is 3.21. The van der Waals surface area contributed by atoms with Gasteiger partial charge in [0.2, 0.25) is 0 Å². The highest BCUT2D eigenvalue weighted by Gasteiger charge is 2.16. The quantitative estimate of drug-likeness (QED) is 0.768. The molecule has 0 aromatic heterocycles. The van der Waals surface area contributed by atoms with Gasteiger partial charge in [0.1, 0.15) is 11.6 Å². The number of carbonyl (C=O) groups excluding carboxylic acids is 1. The predicted octanol–water partition coefficient (Wildman–Crippen LogP) is 4.48. The van der Waals surface area contributed by atoms with Crippen molar-refractivity contribution in [3.63, 3.8) is 0 Å². The fourth-order valence-electron chi connectivity index (χ4n) is 1.70. The summed E-state index contributed by atoms with van der Waals surface area (Å²) in [6.07, 6.45) is 0. The first-order valence-corrected chi connectivity index (χ1v) is 6.52. The molecule has 0 unspecified atom stereocenters. The van der Waals surface area contributed by atoms with E-state index in [4.69, 9.17) is 16.3 Å². The molecule has 0 spiro atoms. The summed E-state index contributed by atoms with van der Waals surface area (Å²) in [6, 6.07) is 8.63. The fourth-order valence-corrected chi connectivity index (χ4v) is 2.56. The van der Waals surface area contributed by atoms with Gasteiger partial charge in [-0.25, -0.2) is 4.39 Å². The van der Waals surface area contributed by atoms with Crippen molar-refractivity contribution >= 4 is 33.3 Å². The third-order valence-electron chi connectivity index (χ3n) is 2.53. The molecule has 0 aliphatic rings. The molecule has 0 saturated carbocycles. The molecule has 5 heteroatoms. The summed E-state index contributed by atoms with van der Waals surface area (Å²) in [7, 11) is 1.43. The van der Waals surface area contributed by atoms with Gasteiger partial charge in [0.25, 0.3) is 0 Å². The molecule has 0 heterocycles. The number of carbonyl (C=O) groups is 1. The zero-order valence-corrected chi connectivity index (χ0v) is 12.3. The van der Waals surface area contributed by atoms with Crippen molar-refractivity contribution < 1.29 is 13.9 Å². The van der Waals surface area contributed by atoms with Crippen molar-refractivity contribution in [1.29, 1.82) is 0 Å². The maximum Gasteiger partial charge on any atom is 0.196 e. The Bertz CT molecular complexity index is 623. The van der Waals surface area contributed by atoms with E-state index in [-0.39, 0.29) is 11.3 Å². The van der Waals surface area contributed by atoms with Gasteiger partial charge in [-0.3, -0.25) is 4.79 Å². The first-order valence-electron chi connectivity index (χ1n) is 5.35. The van der Waals surface area contributed by atoms with Crippen LogP contribution in [-0.4, -0.2) is 12.9 Å². The van der Waals surface area contributed by atoms with Gasteiger partial charge in [0.15, 0.2) is 5.78 Å². The average Bonchev–Trinajstić information content (AvgIpc) is 2.36. The largest absolute Gasteiger partial charge is 0.496 e. The van der Waals surface area contributed by atoms with Gasteiger partial charge in [-0.05, 0) is 36.4 Å². The maximum atomic E-state index is 13.3. The van der Waals surface area contributed by atoms with Gasteiger partial charge in [-0.2, -0.15) is 0 Å². The molecule has 0 atom stereocenters. The van der Waals surface area contributed by atoms with E-state index in [1.807, 2.05) is 0 Å². The molecular formula is C14H9BrClFO2. The average molecular weight is 344 g/mol. The van der Waals surface area contributed by atoms with Crippen LogP contribution in [0.2, 0.25) is 5.02 Å². The maximum absolute atomic E-state index is 13.3. The van der Waals surface area contributed by atoms with Crippen LogP contribution in [0.25, 0.3) is 0 Å². The Labute approximate surface area is 123 Å². The van der Waals surface area contributed by atoms with Crippen LogP contribution in [0.4, 0.5) is 4.39 Å². The lowest BCUT2D eigenvalue weighted by Crippen LogP contribution is -2.04. The van der Waals surface area contributed by atoms with E-state index in [1.165, 1.54) is 25.3 Å². The van der Waals surface area contributed by atoms with Crippen molar-refractivity contribution in [3.05, 3.63) is 62.8 Å². The molecular weight excluding hydrogens is 335 g/mol. The van der Waals surface area contributed by atoms with Crippen molar-refractivity contribution in [2.45, 2.75) is 0 Å². The van der Waals surface area contributed by atoms with Crippen molar-refractivity contribution in [1.82, 2.24) is 0 Å². The zero-order chi connectivity index (χ0) is 14.0. The molecule has 0 radical (unpaired) electrons. The monoisotopic (exact) mass is 342 g/mol. The smallest absolute Gasteiger partial charge is 0.196 e. The van der Waals surface area contributed by atoms with Crippen LogP contribution in [0.3, 0.4) is 0 Å². The van der Waals surface area contributed by atoms with E-state index < -0.39 is 5.82 Å². The summed E-state index contributed by atoms with van der Waals surface area (Å²) in [4.78, 5) is 12.4. The standard InChI is InChI=1S/C14H9BrClFO2/c1-19-13-3-2-11(17)7-12(13)14(18)8-4-9(15)6-10(16)5-8/h2-7H,1H3. The van der Waals surface area contributed by atoms with Gasteiger partial charge in [0.05, 0.1) is 12.7 Å². The van der Waals surface area contributed by atoms with Crippen molar-refractivity contribution in [2.75, 3.05) is 7.11 Å². The Morgan fingerprint density at radius 3 is 2.63 bits per heavy atom. The first kappa shape index (κ1) is 14.0. The van der Waals surface area contributed by atoms with E-state index in [9.17, 15) is 9.18 Å². The molecule has 0 saturated heterocycles. The molecule has 0 fully saturated rings. The van der Waals surface area contributed by atoms with Crippen LogP contribution < -0.4 is 4.74 Å². The highest BCUT2D eigenvalue weighted by Crippen LogP contribution is 2.26. The van der Waals surface area contributed by atoms with Gasteiger partial charge >= 0.3 is 0 Å². The van der Waals surface area contributed by atoms with E-state index in [1.54, 1.807) is 12.1 Å². The van der Waals surface area contributed by atoms with Crippen LogP contribution in [0.5, 0.6) is 5.75 Å². The van der Waals surface area contributed by atoms with Gasteiger partial charge in [-0.15, -0.1) is 0 Å². The number of halogens is 3. The Hall–Kier alpha value is -1.39. The second-order valence-electron chi connectivity index (χ2n) is 3.83. The Morgan fingerprint density at radius 1 is 1.26 bits per heavy atom. The number of rotatable bonds is 3. The van der Waals surface area contributed by atoms with E-state index in [2.05, 4.69) is 15.9 Å². The lowest BCUT2D eigenvalue weighted by atomic mass is 10.0. The minimum atomic E-state index is -0.495. The summed E-state index contributed by atoms with van der Waals surface area (Å²) >= 11 is 9.16. The second kappa shape index (κ2) is 5.72. The Balaban J connectivity index is 2.52. The van der Waals surface area contributed by atoms with Gasteiger partial charge in [0, 0.05) is 15.1 Å². The van der Waals surface area contributed by atoms with Crippen molar-refractivity contribution in [3.8, 4) is 5.75 Å². The number of hydrogen-bond donors (Lipinski definition) is 0. The minimum Gasteiger partial charge on any atom is -0.496 e. The molecule has 98 valence electrons. The molecule has 2 nitrogen and oxygen atoms in total. The number of hydrogen-bond acceptors (Lipinski definition) is 2.